The van der Waals surface area contributed by atoms with Crippen LogP contribution < -0.4 is 5.73 Å². The molecule has 0 atom stereocenters. The lowest BCUT2D eigenvalue weighted by Crippen LogP contribution is -2.11. The number of benzene rings is 2. The van der Waals surface area contributed by atoms with Crippen molar-refractivity contribution in [3.05, 3.63) is 77.3 Å². The Morgan fingerprint density at radius 2 is 1.86 bits per heavy atom. The van der Waals surface area contributed by atoms with Gasteiger partial charge >= 0.3 is 6.18 Å². The van der Waals surface area contributed by atoms with Crippen molar-refractivity contribution in [2.24, 2.45) is 7.05 Å². The number of nitrogen functional groups attached to an aromatic ring is 1. The molecule has 0 amide bonds. The predicted octanol–water partition coefficient (Wildman–Crippen LogP) is 6.05. The first-order valence-corrected chi connectivity index (χ1v) is 11.7. The molecule has 0 radical (unpaired) electrons. The highest BCUT2D eigenvalue weighted by Gasteiger charge is 2.35. The average Bonchev–Trinajstić information content (AvgIpc) is 3.49. The summed E-state index contributed by atoms with van der Waals surface area (Å²) in [5.74, 6) is 0. The average molecular weight is 489 g/mol. The summed E-state index contributed by atoms with van der Waals surface area (Å²) in [5, 5.41) is 13.1. The Balaban J connectivity index is 1.58. The van der Waals surface area contributed by atoms with Crippen molar-refractivity contribution in [3.8, 4) is 11.3 Å². The van der Waals surface area contributed by atoms with Gasteiger partial charge < -0.3 is 5.73 Å². The number of aryl methyl sites for hydroxylation is 2. The Labute approximate surface area is 204 Å². The largest absolute Gasteiger partial charge is 0.433 e. The molecule has 3 heterocycles. The van der Waals surface area contributed by atoms with Crippen LogP contribution in [0.25, 0.3) is 38.6 Å². The lowest BCUT2D eigenvalue weighted by molar-refractivity contribution is -0.143. The number of alkyl halides is 3. The second kappa shape index (κ2) is 7.94. The first-order chi connectivity index (χ1) is 17.2. The van der Waals surface area contributed by atoms with Crippen LogP contribution in [0.1, 0.15) is 40.9 Å². The Hall–Kier alpha value is -4.14. The highest BCUT2D eigenvalue weighted by atomic mass is 19.4. The maximum atomic E-state index is 13.4. The number of hydrogen-bond donors (Lipinski definition) is 2. The van der Waals surface area contributed by atoms with Gasteiger partial charge in [0.1, 0.15) is 5.69 Å². The van der Waals surface area contributed by atoms with Crippen LogP contribution in [0.2, 0.25) is 0 Å². The molecule has 182 valence electrons. The summed E-state index contributed by atoms with van der Waals surface area (Å²) in [6.45, 7) is 4.14. The fourth-order valence-corrected chi connectivity index (χ4v) is 5.30. The highest BCUT2D eigenvalue weighted by Crippen LogP contribution is 2.42. The molecule has 3 aromatic heterocycles. The Morgan fingerprint density at radius 1 is 1.08 bits per heavy atom. The van der Waals surface area contributed by atoms with E-state index in [1.54, 1.807) is 12.3 Å². The minimum atomic E-state index is -4.52. The van der Waals surface area contributed by atoms with E-state index in [4.69, 9.17) is 10.7 Å². The van der Waals surface area contributed by atoms with Crippen molar-refractivity contribution >= 4 is 33.1 Å². The molecule has 1 aliphatic carbocycles. The first kappa shape index (κ1) is 22.3. The third-order valence-corrected chi connectivity index (χ3v) is 7.00. The third-order valence-electron chi connectivity index (χ3n) is 7.00. The number of pyridine rings is 1. The van der Waals surface area contributed by atoms with E-state index in [0.717, 1.165) is 80.6 Å². The minimum Gasteiger partial charge on any atom is -0.398 e. The minimum absolute atomic E-state index is 0.142. The van der Waals surface area contributed by atoms with Crippen LogP contribution >= 0.6 is 0 Å². The van der Waals surface area contributed by atoms with Gasteiger partial charge in [0.25, 0.3) is 0 Å². The monoisotopic (exact) mass is 488 g/mol. The molecule has 2 aromatic carbocycles. The Morgan fingerprint density at radius 3 is 2.61 bits per heavy atom. The van der Waals surface area contributed by atoms with E-state index < -0.39 is 11.9 Å². The van der Waals surface area contributed by atoms with Gasteiger partial charge in [0, 0.05) is 40.2 Å². The van der Waals surface area contributed by atoms with E-state index in [9.17, 15) is 13.2 Å². The summed E-state index contributed by atoms with van der Waals surface area (Å²) < 4.78 is 41.1. The number of nitrogens with one attached hydrogen (secondary N) is 1. The molecule has 6 nitrogen and oxygen atoms in total. The standard InChI is InChI=1S/C27H23F3N6/c1-14(22-12-23(27(28,29)30)36(2)35-22)24-19(31)8-10-21-25(24)17-5-3-4-6-18(17)26(33-21)15-7-9-20-16(11-15)13-32-34-20/h7-13H,1,3-6,31H2,2H3,(H,32,34). The van der Waals surface area contributed by atoms with Crippen LogP contribution in [-0.2, 0) is 26.1 Å². The van der Waals surface area contributed by atoms with Gasteiger partial charge in [0.15, 0.2) is 0 Å². The topological polar surface area (TPSA) is 85.4 Å². The lowest BCUT2D eigenvalue weighted by Gasteiger charge is -2.24. The van der Waals surface area contributed by atoms with Gasteiger partial charge in [-0.2, -0.15) is 23.4 Å². The molecule has 1 aliphatic rings. The molecule has 0 saturated heterocycles. The van der Waals surface area contributed by atoms with Crippen LogP contribution in [-0.4, -0.2) is 25.0 Å². The number of hydrogen-bond acceptors (Lipinski definition) is 4. The number of halogens is 3. The SMILES string of the molecule is C=C(c1cc(C(F)(F)F)n(C)n1)c1c(N)ccc2nc(-c3ccc4[nH]ncc4c3)c3c(c12)CCCC3. The van der Waals surface area contributed by atoms with Crippen LogP contribution in [0.5, 0.6) is 0 Å². The molecule has 6 rings (SSSR count). The van der Waals surface area contributed by atoms with Gasteiger partial charge in [0.2, 0.25) is 0 Å². The number of aromatic nitrogens is 5. The second-order valence-electron chi connectivity index (χ2n) is 9.24. The van der Waals surface area contributed by atoms with Gasteiger partial charge in [-0.05, 0) is 67.1 Å². The normalized spacial score (nSPS) is 13.9. The molecular weight excluding hydrogens is 465 g/mol. The van der Waals surface area contributed by atoms with Crippen molar-refractivity contribution in [1.29, 1.82) is 0 Å². The third kappa shape index (κ3) is 3.45. The van der Waals surface area contributed by atoms with Crippen LogP contribution in [0.3, 0.4) is 0 Å². The maximum absolute atomic E-state index is 13.4. The number of anilines is 1. The zero-order valence-electron chi connectivity index (χ0n) is 19.6. The molecule has 36 heavy (non-hydrogen) atoms. The first-order valence-electron chi connectivity index (χ1n) is 11.7. The number of nitrogens with zero attached hydrogens (tertiary/aromatic N) is 4. The summed E-state index contributed by atoms with van der Waals surface area (Å²) in [4.78, 5) is 5.06. The number of H-pyrrole nitrogens is 1. The predicted molar refractivity (Wildman–Crippen MR) is 134 cm³/mol. The van der Waals surface area contributed by atoms with Crippen molar-refractivity contribution in [2.45, 2.75) is 31.9 Å². The van der Waals surface area contributed by atoms with Crippen molar-refractivity contribution in [1.82, 2.24) is 25.0 Å². The number of nitrogens with two attached hydrogens (primary N) is 1. The van der Waals surface area contributed by atoms with Gasteiger partial charge in [-0.3, -0.25) is 9.78 Å². The van der Waals surface area contributed by atoms with Crippen LogP contribution in [0, 0.1) is 0 Å². The molecule has 0 unspecified atom stereocenters. The van der Waals surface area contributed by atoms with E-state index in [1.807, 2.05) is 18.2 Å². The summed E-state index contributed by atoms with van der Waals surface area (Å²) in [7, 11) is 1.28. The quantitative estimate of drug-likeness (QED) is 0.303. The molecule has 0 bridgehead atoms. The number of aromatic amines is 1. The van der Waals surface area contributed by atoms with Crippen molar-refractivity contribution in [3.63, 3.8) is 0 Å². The van der Waals surface area contributed by atoms with E-state index in [1.165, 1.54) is 7.05 Å². The smallest absolute Gasteiger partial charge is 0.398 e. The Bertz CT molecular complexity index is 1670. The molecule has 5 aromatic rings. The zero-order chi connectivity index (χ0) is 25.2. The maximum Gasteiger partial charge on any atom is 0.433 e. The fraction of sp³-hybridized carbons (Fsp3) is 0.222. The van der Waals surface area contributed by atoms with E-state index >= 15 is 0 Å². The summed E-state index contributed by atoms with van der Waals surface area (Å²) in [6, 6.07) is 10.7. The summed E-state index contributed by atoms with van der Waals surface area (Å²) in [6.07, 6.45) is 1.01. The van der Waals surface area contributed by atoms with Crippen molar-refractivity contribution < 1.29 is 13.2 Å². The zero-order valence-corrected chi connectivity index (χ0v) is 19.6. The fourth-order valence-electron chi connectivity index (χ4n) is 5.30. The van der Waals surface area contributed by atoms with Gasteiger partial charge in [-0.1, -0.05) is 12.6 Å². The van der Waals surface area contributed by atoms with Gasteiger partial charge in [-0.25, -0.2) is 4.98 Å². The van der Waals surface area contributed by atoms with Gasteiger partial charge in [-0.15, -0.1) is 0 Å². The molecular formula is C27H23F3N6. The molecule has 9 heteroatoms. The molecule has 0 saturated carbocycles. The Kier molecular flexibility index (Phi) is 4.93. The van der Waals surface area contributed by atoms with E-state index in [2.05, 4.69) is 27.9 Å². The molecule has 0 spiro atoms. The lowest BCUT2D eigenvalue weighted by atomic mass is 9.83. The summed E-state index contributed by atoms with van der Waals surface area (Å²) in [5.41, 5.74) is 13.0. The number of fused-ring (bicyclic) bond motifs is 4. The molecule has 0 aliphatic heterocycles. The molecule has 3 N–H and O–H groups in total. The number of rotatable bonds is 3. The second-order valence-corrected chi connectivity index (χ2v) is 9.24. The summed E-state index contributed by atoms with van der Waals surface area (Å²) >= 11 is 0. The van der Waals surface area contributed by atoms with Crippen LogP contribution in [0.15, 0.2) is 49.2 Å². The molecule has 0 fully saturated rings. The van der Waals surface area contributed by atoms with Crippen molar-refractivity contribution in [2.75, 3.05) is 5.73 Å². The van der Waals surface area contributed by atoms with E-state index in [0.29, 0.717) is 16.8 Å². The van der Waals surface area contributed by atoms with Crippen LogP contribution in [0.4, 0.5) is 18.9 Å². The van der Waals surface area contributed by atoms with Gasteiger partial charge in [0.05, 0.1) is 28.6 Å². The van der Waals surface area contributed by atoms with E-state index in [-0.39, 0.29) is 5.69 Å². The highest BCUT2D eigenvalue weighted by molar-refractivity contribution is 6.03.